The van der Waals surface area contributed by atoms with Gasteiger partial charge in [0.05, 0.1) is 22.7 Å². The Morgan fingerprint density at radius 1 is 0.974 bits per heavy atom. The van der Waals surface area contributed by atoms with Gasteiger partial charge in [-0.3, -0.25) is 19.3 Å². The largest absolute Gasteiger partial charge is 0.493 e. The topological polar surface area (TPSA) is 84.9 Å². The van der Waals surface area contributed by atoms with Crippen molar-refractivity contribution < 1.29 is 23.9 Å². The Morgan fingerprint density at radius 3 is 2.56 bits per heavy atom. The van der Waals surface area contributed by atoms with Crippen LogP contribution >= 0.6 is 23.4 Å². The van der Waals surface area contributed by atoms with Crippen LogP contribution in [0, 0.1) is 0 Å². The highest BCUT2D eigenvalue weighted by atomic mass is 35.5. The van der Waals surface area contributed by atoms with E-state index in [-0.39, 0.29) is 4.91 Å². The molecule has 39 heavy (non-hydrogen) atoms. The zero-order valence-electron chi connectivity index (χ0n) is 20.8. The van der Waals surface area contributed by atoms with E-state index in [4.69, 9.17) is 21.1 Å². The van der Waals surface area contributed by atoms with Gasteiger partial charge in [-0.2, -0.15) is 0 Å². The van der Waals surface area contributed by atoms with Crippen LogP contribution in [-0.4, -0.2) is 35.6 Å². The standard InChI is InChI=1S/C30H23ClN2O5S/c1-37-26-15-19(13-14-25(26)38-18-21-9-6-8-20-7-2-3-10-22(20)21)16-27-29(35)33(30(36)39-27)17-28(34)32-24-12-5-4-11-23(24)31/h2-16H,17-18H2,1H3,(H,32,34)/b27-16+. The van der Waals surface area contributed by atoms with Crippen LogP contribution in [0.3, 0.4) is 0 Å². The number of amides is 3. The summed E-state index contributed by atoms with van der Waals surface area (Å²) in [5.74, 6) is -0.0372. The summed E-state index contributed by atoms with van der Waals surface area (Å²) < 4.78 is 11.6. The molecule has 0 aliphatic carbocycles. The molecule has 5 rings (SSSR count). The summed E-state index contributed by atoms with van der Waals surface area (Å²) in [4.78, 5) is 39.0. The van der Waals surface area contributed by atoms with Crippen LogP contribution < -0.4 is 14.8 Å². The number of hydrogen-bond donors (Lipinski definition) is 1. The van der Waals surface area contributed by atoms with Gasteiger partial charge in [0.15, 0.2) is 11.5 Å². The molecule has 1 aliphatic rings. The molecule has 1 saturated heterocycles. The van der Waals surface area contributed by atoms with E-state index in [1.807, 2.05) is 24.3 Å². The van der Waals surface area contributed by atoms with Crippen LogP contribution in [-0.2, 0) is 16.2 Å². The van der Waals surface area contributed by atoms with Crippen molar-refractivity contribution in [2.24, 2.45) is 0 Å². The van der Waals surface area contributed by atoms with Crippen LogP contribution in [0.25, 0.3) is 16.8 Å². The quantitative estimate of drug-likeness (QED) is 0.241. The van der Waals surface area contributed by atoms with Crippen LogP contribution in [0.2, 0.25) is 5.02 Å². The number of fused-ring (bicyclic) bond motifs is 1. The second kappa shape index (κ2) is 11.6. The van der Waals surface area contributed by atoms with Gasteiger partial charge in [0, 0.05) is 0 Å². The Kier molecular flexibility index (Phi) is 7.86. The summed E-state index contributed by atoms with van der Waals surface area (Å²) in [6.45, 7) is -0.0658. The second-order valence-corrected chi connectivity index (χ2v) is 10.0. The van der Waals surface area contributed by atoms with E-state index < -0.39 is 23.6 Å². The molecule has 196 valence electrons. The fourth-order valence-electron chi connectivity index (χ4n) is 4.15. The number of nitrogens with one attached hydrogen (secondary N) is 1. The molecule has 4 aromatic rings. The van der Waals surface area contributed by atoms with Gasteiger partial charge in [-0.1, -0.05) is 72.3 Å². The number of rotatable bonds is 8. The van der Waals surface area contributed by atoms with E-state index in [0.717, 1.165) is 33.0 Å². The van der Waals surface area contributed by atoms with Gasteiger partial charge in [-0.25, -0.2) is 0 Å². The van der Waals surface area contributed by atoms with Gasteiger partial charge in [0.2, 0.25) is 5.91 Å². The van der Waals surface area contributed by atoms with E-state index in [1.165, 1.54) is 7.11 Å². The molecule has 0 aromatic heterocycles. The van der Waals surface area contributed by atoms with Crippen molar-refractivity contribution in [1.29, 1.82) is 0 Å². The summed E-state index contributed by atoms with van der Waals surface area (Å²) in [6, 6.07) is 26.2. The third-order valence-corrected chi connectivity index (χ3v) is 7.31. The lowest BCUT2D eigenvalue weighted by molar-refractivity contribution is -0.127. The Hall–Kier alpha value is -4.27. The van der Waals surface area contributed by atoms with E-state index in [9.17, 15) is 14.4 Å². The van der Waals surface area contributed by atoms with Crippen molar-refractivity contribution in [3.63, 3.8) is 0 Å². The van der Waals surface area contributed by atoms with Gasteiger partial charge in [0.25, 0.3) is 11.1 Å². The van der Waals surface area contributed by atoms with Crippen LogP contribution in [0.1, 0.15) is 11.1 Å². The Bertz CT molecular complexity index is 1620. The lowest BCUT2D eigenvalue weighted by Crippen LogP contribution is -2.36. The fraction of sp³-hybridized carbons (Fsp3) is 0.100. The molecule has 0 spiro atoms. The summed E-state index contributed by atoms with van der Waals surface area (Å²) >= 11 is 6.85. The van der Waals surface area contributed by atoms with Crippen molar-refractivity contribution in [3.8, 4) is 11.5 Å². The van der Waals surface area contributed by atoms with E-state index >= 15 is 0 Å². The molecule has 7 nitrogen and oxygen atoms in total. The first kappa shape index (κ1) is 26.3. The highest BCUT2D eigenvalue weighted by molar-refractivity contribution is 8.18. The molecule has 1 fully saturated rings. The first-order chi connectivity index (χ1) is 18.9. The number of carbonyl (C=O) groups excluding carboxylic acids is 3. The molecule has 0 bridgehead atoms. The van der Waals surface area contributed by atoms with E-state index in [2.05, 4.69) is 23.5 Å². The third kappa shape index (κ3) is 5.92. The monoisotopic (exact) mass is 558 g/mol. The van der Waals surface area contributed by atoms with Crippen LogP contribution in [0.5, 0.6) is 11.5 Å². The number of nitrogens with zero attached hydrogens (tertiary/aromatic N) is 1. The lowest BCUT2D eigenvalue weighted by atomic mass is 10.1. The average Bonchev–Trinajstić information content (AvgIpc) is 3.20. The average molecular weight is 559 g/mol. The van der Waals surface area contributed by atoms with Gasteiger partial charge >= 0.3 is 0 Å². The van der Waals surface area contributed by atoms with E-state index in [0.29, 0.717) is 34.4 Å². The van der Waals surface area contributed by atoms with Gasteiger partial charge in [0.1, 0.15) is 13.2 Å². The predicted octanol–water partition coefficient (Wildman–Crippen LogP) is 6.76. The summed E-state index contributed by atoms with van der Waals surface area (Å²) in [5.41, 5.74) is 2.10. The zero-order valence-corrected chi connectivity index (χ0v) is 22.4. The SMILES string of the molecule is COc1cc(/C=C2/SC(=O)N(CC(=O)Nc3ccccc3Cl)C2=O)ccc1OCc1cccc2ccccc12. The minimum atomic E-state index is -0.547. The summed E-state index contributed by atoms with van der Waals surface area (Å²) in [6.07, 6.45) is 1.59. The number of para-hydroxylation sites is 1. The normalized spacial score (nSPS) is 14.2. The van der Waals surface area contributed by atoms with Crippen molar-refractivity contribution in [2.75, 3.05) is 19.0 Å². The molecule has 3 amide bonds. The number of methoxy groups -OCH3 is 1. The van der Waals surface area contributed by atoms with Crippen molar-refractivity contribution in [2.45, 2.75) is 6.61 Å². The number of imide groups is 1. The summed E-state index contributed by atoms with van der Waals surface area (Å²) in [5, 5.41) is 4.71. The van der Waals surface area contributed by atoms with Gasteiger partial charge < -0.3 is 14.8 Å². The smallest absolute Gasteiger partial charge is 0.294 e. The predicted molar refractivity (Wildman–Crippen MR) is 154 cm³/mol. The molecule has 0 unspecified atom stereocenters. The molecule has 0 saturated carbocycles. The summed E-state index contributed by atoms with van der Waals surface area (Å²) in [7, 11) is 1.54. The molecule has 1 aliphatic heterocycles. The number of ether oxygens (including phenoxy) is 2. The highest BCUT2D eigenvalue weighted by Crippen LogP contribution is 2.35. The molecule has 1 N–H and O–H groups in total. The minimum Gasteiger partial charge on any atom is -0.493 e. The number of halogens is 1. The van der Waals surface area contributed by atoms with Crippen LogP contribution in [0.15, 0.2) is 89.8 Å². The van der Waals surface area contributed by atoms with Crippen molar-refractivity contribution in [3.05, 3.63) is 106 Å². The number of anilines is 1. The molecule has 4 aromatic carbocycles. The third-order valence-electron chi connectivity index (χ3n) is 6.07. The molecular weight excluding hydrogens is 536 g/mol. The second-order valence-electron chi connectivity index (χ2n) is 8.63. The molecule has 9 heteroatoms. The Balaban J connectivity index is 1.27. The van der Waals surface area contributed by atoms with Gasteiger partial charge in [-0.05, 0) is 64.0 Å². The maximum atomic E-state index is 12.9. The van der Waals surface area contributed by atoms with E-state index in [1.54, 1.807) is 48.5 Å². The molecule has 1 heterocycles. The van der Waals surface area contributed by atoms with Crippen molar-refractivity contribution >= 4 is 63.0 Å². The van der Waals surface area contributed by atoms with Crippen molar-refractivity contribution in [1.82, 2.24) is 4.90 Å². The lowest BCUT2D eigenvalue weighted by Gasteiger charge is -2.13. The first-order valence-corrected chi connectivity index (χ1v) is 13.2. The maximum absolute atomic E-state index is 12.9. The molecule has 0 atom stereocenters. The van der Waals surface area contributed by atoms with Crippen LogP contribution in [0.4, 0.5) is 10.5 Å². The zero-order chi connectivity index (χ0) is 27.4. The minimum absolute atomic E-state index is 0.206. The fourth-order valence-corrected chi connectivity index (χ4v) is 5.17. The number of hydrogen-bond acceptors (Lipinski definition) is 6. The first-order valence-electron chi connectivity index (χ1n) is 12.0. The number of carbonyl (C=O) groups is 3. The number of thioether (sulfide) groups is 1. The van der Waals surface area contributed by atoms with Gasteiger partial charge in [-0.15, -0.1) is 0 Å². The highest BCUT2D eigenvalue weighted by Gasteiger charge is 2.36. The maximum Gasteiger partial charge on any atom is 0.294 e. The Morgan fingerprint density at radius 2 is 1.74 bits per heavy atom. The molecule has 0 radical (unpaired) electrons. The Labute approximate surface area is 234 Å². The molecular formula is C30H23ClN2O5S. The number of benzene rings is 4.